The summed E-state index contributed by atoms with van der Waals surface area (Å²) in [5.74, 6) is 1.12. The Balaban J connectivity index is 1.59. The van der Waals surface area contributed by atoms with Gasteiger partial charge in [0.05, 0.1) is 12.2 Å². The quantitative estimate of drug-likeness (QED) is 0.778. The highest BCUT2D eigenvalue weighted by atomic mass is 16.4. The van der Waals surface area contributed by atoms with Gasteiger partial charge in [0.1, 0.15) is 0 Å². The number of nitrogens with zero attached hydrogens (tertiary/aromatic N) is 3. The second-order valence-corrected chi connectivity index (χ2v) is 4.79. The molecule has 0 atom stereocenters. The third-order valence-corrected chi connectivity index (χ3v) is 3.07. The molecule has 5 heteroatoms. The maximum atomic E-state index is 5.64. The second kappa shape index (κ2) is 6.28. The molecule has 0 aliphatic carbocycles. The Morgan fingerprint density at radius 2 is 1.86 bits per heavy atom. The highest BCUT2D eigenvalue weighted by molar-refractivity contribution is 5.52. The van der Waals surface area contributed by atoms with Gasteiger partial charge in [0.25, 0.3) is 0 Å². The van der Waals surface area contributed by atoms with E-state index < -0.39 is 0 Å². The number of pyridine rings is 1. The van der Waals surface area contributed by atoms with Crippen molar-refractivity contribution in [3.8, 4) is 11.5 Å². The van der Waals surface area contributed by atoms with Crippen LogP contribution in [-0.4, -0.2) is 15.2 Å². The molecule has 1 N–H and O–H groups in total. The molecule has 0 amide bonds. The molecule has 0 saturated carbocycles. The van der Waals surface area contributed by atoms with Gasteiger partial charge in [-0.3, -0.25) is 4.98 Å². The maximum Gasteiger partial charge on any atom is 0.247 e. The van der Waals surface area contributed by atoms with Crippen LogP contribution in [0.25, 0.3) is 11.5 Å². The summed E-state index contributed by atoms with van der Waals surface area (Å²) < 4.78 is 5.64. The summed E-state index contributed by atoms with van der Waals surface area (Å²) in [4.78, 5) is 4.24. The number of nitrogens with one attached hydrogen (secondary N) is 1. The van der Waals surface area contributed by atoms with Crippen molar-refractivity contribution in [2.75, 3.05) is 0 Å². The van der Waals surface area contributed by atoms with E-state index >= 15 is 0 Å². The third-order valence-electron chi connectivity index (χ3n) is 3.07. The lowest BCUT2D eigenvalue weighted by Gasteiger charge is -2.00. The van der Waals surface area contributed by atoms with E-state index in [1.54, 1.807) is 6.20 Å². The Hall–Kier alpha value is -2.53. The first-order valence-electron chi connectivity index (χ1n) is 6.81. The van der Waals surface area contributed by atoms with Crippen molar-refractivity contribution in [3.63, 3.8) is 0 Å². The minimum atomic E-state index is 0.523. The molecule has 0 radical (unpaired) electrons. The van der Waals surface area contributed by atoms with Crippen LogP contribution in [0.1, 0.15) is 17.1 Å². The van der Waals surface area contributed by atoms with Crippen LogP contribution in [0.2, 0.25) is 0 Å². The zero-order chi connectivity index (χ0) is 14.5. The number of benzene rings is 1. The largest absolute Gasteiger partial charge is 0.419 e. The molecule has 106 valence electrons. The van der Waals surface area contributed by atoms with E-state index in [9.17, 15) is 0 Å². The topological polar surface area (TPSA) is 63.8 Å². The van der Waals surface area contributed by atoms with Crippen molar-refractivity contribution in [1.82, 2.24) is 20.5 Å². The molecule has 0 aliphatic heterocycles. The van der Waals surface area contributed by atoms with Gasteiger partial charge >= 0.3 is 0 Å². The lowest BCUT2D eigenvalue weighted by atomic mass is 10.1. The summed E-state index contributed by atoms with van der Waals surface area (Å²) in [6.45, 7) is 3.24. The van der Waals surface area contributed by atoms with Gasteiger partial charge in [-0.25, -0.2) is 0 Å². The monoisotopic (exact) mass is 280 g/mol. The van der Waals surface area contributed by atoms with Crippen LogP contribution in [0.5, 0.6) is 0 Å². The van der Waals surface area contributed by atoms with Gasteiger partial charge < -0.3 is 9.73 Å². The predicted molar refractivity (Wildman–Crippen MR) is 79.3 cm³/mol. The van der Waals surface area contributed by atoms with E-state index in [1.807, 2.05) is 49.4 Å². The van der Waals surface area contributed by atoms with Crippen molar-refractivity contribution in [2.24, 2.45) is 0 Å². The fourth-order valence-corrected chi connectivity index (χ4v) is 1.94. The van der Waals surface area contributed by atoms with E-state index in [2.05, 4.69) is 20.5 Å². The van der Waals surface area contributed by atoms with Crippen molar-refractivity contribution >= 4 is 0 Å². The van der Waals surface area contributed by atoms with Crippen molar-refractivity contribution in [1.29, 1.82) is 0 Å². The van der Waals surface area contributed by atoms with Crippen LogP contribution in [0.15, 0.2) is 53.1 Å². The summed E-state index contributed by atoms with van der Waals surface area (Å²) >= 11 is 0. The standard InChI is InChI=1S/C16H16N4O/c1-12-5-7-13(8-6-12)16-20-19-15(21-16)11-17-10-14-4-2-3-9-18-14/h2-9,17H,10-11H2,1H3. The highest BCUT2D eigenvalue weighted by Gasteiger charge is 2.07. The molecule has 0 spiro atoms. The second-order valence-electron chi connectivity index (χ2n) is 4.79. The van der Waals surface area contributed by atoms with Gasteiger partial charge in [-0.05, 0) is 31.2 Å². The van der Waals surface area contributed by atoms with Gasteiger partial charge in [-0.2, -0.15) is 0 Å². The van der Waals surface area contributed by atoms with Crippen LogP contribution in [0.4, 0.5) is 0 Å². The summed E-state index contributed by atoms with van der Waals surface area (Å²) in [5, 5.41) is 11.3. The molecule has 0 aliphatic rings. The first kappa shape index (κ1) is 13.5. The molecule has 21 heavy (non-hydrogen) atoms. The molecule has 0 unspecified atom stereocenters. The number of aromatic nitrogens is 3. The summed E-state index contributed by atoms with van der Waals surface area (Å²) in [6.07, 6.45) is 1.78. The molecule has 5 nitrogen and oxygen atoms in total. The Morgan fingerprint density at radius 3 is 2.62 bits per heavy atom. The molecule has 3 rings (SSSR count). The number of hydrogen-bond acceptors (Lipinski definition) is 5. The highest BCUT2D eigenvalue weighted by Crippen LogP contribution is 2.18. The molecule has 1 aromatic carbocycles. The van der Waals surface area contributed by atoms with Gasteiger partial charge in [-0.15, -0.1) is 10.2 Å². The van der Waals surface area contributed by atoms with E-state index in [0.717, 1.165) is 11.3 Å². The van der Waals surface area contributed by atoms with Crippen LogP contribution < -0.4 is 5.32 Å². The van der Waals surface area contributed by atoms with Gasteiger partial charge in [0.15, 0.2) is 0 Å². The van der Waals surface area contributed by atoms with Gasteiger partial charge in [0.2, 0.25) is 11.8 Å². The van der Waals surface area contributed by atoms with E-state index in [0.29, 0.717) is 24.9 Å². The first-order chi connectivity index (χ1) is 10.3. The maximum absolute atomic E-state index is 5.64. The van der Waals surface area contributed by atoms with Crippen molar-refractivity contribution in [3.05, 3.63) is 65.8 Å². The average molecular weight is 280 g/mol. The van der Waals surface area contributed by atoms with Gasteiger partial charge in [0, 0.05) is 18.3 Å². The average Bonchev–Trinajstić information content (AvgIpc) is 2.98. The van der Waals surface area contributed by atoms with Crippen LogP contribution >= 0.6 is 0 Å². The number of aryl methyl sites for hydroxylation is 1. The lowest BCUT2D eigenvalue weighted by Crippen LogP contribution is -2.13. The zero-order valence-electron chi connectivity index (χ0n) is 11.8. The lowest BCUT2D eigenvalue weighted by molar-refractivity contribution is 0.476. The summed E-state index contributed by atoms with van der Waals surface area (Å²) in [7, 11) is 0. The molecule has 0 bridgehead atoms. The fraction of sp³-hybridized carbons (Fsp3) is 0.188. The van der Waals surface area contributed by atoms with Gasteiger partial charge in [-0.1, -0.05) is 23.8 Å². The summed E-state index contributed by atoms with van der Waals surface area (Å²) in [6, 6.07) is 13.8. The normalized spacial score (nSPS) is 10.7. The van der Waals surface area contributed by atoms with Crippen LogP contribution in [-0.2, 0) is 13.1 Å². The third kappa shape index (κ3) is 3.52. The molecule has 3 aromatic rings. The van der Waals surface area contributed by atoms with Crippen LogP contribution in [0.3, 0.4) is 0 Å². The number of rotatable bonds is 5. The zero-order valence-corrected chi connectivity index (χ0v) is 11.8. The fourth-order valence-electron chi connectivity index (χ4n) is 1.94. The van der Waals surface area contributed by atoms with Crippen molar-refractivity contribution in [2.45, 2.75) is 20.0 Å². The Labute approximate surface area is 123 Å². The molecular formula is C16H16N4O. The van der Waals surface area contributed by atoms with Crippen LogP contribution in [0, 0.1) is 6.92 Å². The minimum Gasteiger partial charge on any atom is -0.419 e. The molecule has 2 aromatic heterocycles. The molecule has 0 fully saturated rings. The molecule has 2 heterocycles. The smallest absolute Gasteiger partial charge is 0.247 e. The SMILES string of the molecule is Cc1ccc(-c2nnc(CNCc3ccccn3)o2)cc1. The molecular weight excluding hydrogens is 264 g/mol. The summed E-state index contributed by atoms with van der Waals surface area (Å²) in [5.41, 5.74) is 3.12. The number of hydrogen-bond donors (Lipinski definition) is 1. The predicted octanol–water partition coefficient (Wildman–Crippen LogP) is 2.73. The van der Waals surface area contributed by atoms with E-state index in [4.69, 9.17) is 4.42 Å². The van der Waals surface area contributed by atoms with Crippen molar-refractivity contribution < 1.29 is 4.42 Å². The Morgan fingerprint density at radius 1 is 1.00 bits per heavy atom. The van der Waals surface area contributed by atoms with E-state index in [1.165, 1.54) is 5.56 Å². The minimum absolute atomic E-state index is 0.523. The molecule has 0 saturated heterocycles. The Bertz CT molecular complexity index is 692. The first-order valence-corrected chi connectivity index (χ1v) is 6.81. The van der Waals surface area contributed by atoms with E-state index in [-0.39, 0.29) is 0 Å². The Kier molecular flexibility index (Phi) is 4.02.